The summed E-state index contributed by atoms with van der Waals surface area (Å²) in [6, 6.07) is 7.88. The molecule has 1 aliphatic rings. The molecule has 0 aliphatic carbocycles. The Morgan fingerprint density at radius 3 is 2.36 bits per heavy atom. The number of sulfone groups is 1. The molecule has 0 saturated carbocycles. The lowest BCUT2D eigenvalue weighted by Crippen LogP contribution is -2.44. The van der Waals surface area contributed by atoms with E-state index in [9.17, 15) is 17.2 Å². The molecule has 152 valence electrons. The monoisotopic (exact) mass is 409 g/mol. The molecule has 0 aromatic heterocycles. The van der Waals surface area contributed by atoms with Crippen molar-refractivity contribution in [2.24, 2.45) is 5.73 Å². The Hall–Kier alpha value is -2.03. The van der Waals surface area contributed by atoms with E-state index in [0.29, 0.717) is 24.9 Å². The van der Waals surface area contributed by atoms with Crippen molar-refractivity contribution in [3.63, 3.8) is 0 Å². The summed E-state index contributed by atoms with van der Waals surface area (Å²) in [5.74, 6) is -2.26. The van der Waals surface area contributed by atoms with E-state index in [1.54, 1.807) is 12.1 Å². The van der Waals surface area contributed by atoms with Gasteiger partial charge in [-0.15, -0.1) is 0 Å². The lowest BCUT2D eigenvalue weighted by atomic mass is 10.1. The van der Waals surface area contributed by atoms with E-state index < -0.39 is 21.5 Å². The molecule has 0 radical (unpaired) electrons. The lowest BCUT2D eigenvalue weighted by molar-refractivity contribution is 0.313. The summed E-state index contributed by atoms with van der Waals surface area (Å²) in [6.07, 6.45) is 1.13. The van der Waals surface area contributed by atoms with Gasteiger partial charge < -0.3 is 15.5 Å². The zero-order chi connectivity index (χ0) is 20.3. The van der Waals surface area contributed by atoms with Crippen LogP contribution in [0.15, 0.2) is 46.2 Å². The fourth-order valence-electron chi connectivity index (χ4n) is 3.35. The van der Waals surface area contributed by atoms with Crippen LogP contribution in [0.3, 0.4) is 0 Å². The summed E-state index contributed by atoms with van der Waals surface area (Å²) in [6.45, 7) is 4.04. The van der Waals surface area contributed by atoms with Gasteiger partial charge in [-0.25, -0.2) is 17.2 Å². The van der Waals surface area contributed by atoms with Crippen LogP contribution in [-0.4, -0.2) is 53.1 Å². The third-order valence-electron chi connectivity index (χ3n) is 5.05. The summed E-state index contributed by atoms with van der Waals surface area (Å²) in [7, 11) is -1.90. The van der Waals surface area contributed by atoms with Crippen molar-refractivity contribution in [3.05, 3.63) is 53.6 Å². The van der Waals surface area contributed by atoms with E-state index >= 15 is 0 Å². The van der Waals surface area contributed by atoms with Gasteiger partial charge in [0, 0.05) is 31.9 Å². The Morgan fingerprint density at radius 1 is 1.00 bits per heavy atom. The number of likely N-dealkylation sites (N-methyl/N-ethyl adjacent to an activating group) is 1. The molecule has 1 aliphatic heterocycles. The molecular weight excluding hydrogens is 384 g/mol. The quantitative estimate of drug-likeness (QED) is 0.743. The molecule has 3 rings (SSSR count). The maximum Gasteiger partial charge on any atom is 0.206 e. The molecule has 28 heavy (non-hydrogen) atoms. The minimum absolute atomic E-state index is 0.116. The molecule has 2 N–H and O–H groups in total. The van der Waals surface area contributed by atoms with Crippen molar-refractivity contribution < 1.29 is 17.2 Å². The summed E-state index contributed by atoms with van der Waals surface area (Å²) in [4.78, 5) is 4.32. The van der Waals surface area contributed by atoms with Gasteiger partial charge in [-0.1, -0.05) is 0 Å². The fourth-order valence-corrected chi connectivity index (χ4v) is 4.86. The van der Waals surface area contributed by atoms with Crippen LogP contribution in [0, 0.1) is 11.6 Å². The van der Waals surface area contributed by atoms with Crippen molar-refractivity contribution in [2.45, 2.75) is 22.6 Å². The van der Waals surface area contributed by atoms with Gasteiger partial charge in [0.15, 0.2) is 11.6 Å². The SMILES string of the molecule is CN1CCN(c2ccc(S(=O)(=O)c3ccc(F)c(F)c3)c(CCCN)c2)CC1. The number of halogens is 2. The first kappa shape index (κ1) is 20.7. The summed E-state index contributed by atoms with van der Waals surface area (Å²) >= 11 is 0. The van der Waals surface area contributed by atoms with Gasteiger partial charge in [0.05, 0.1) is 9.79 Å². The van der Waals surface area contributed by atoms with Crippen LogP contribution in [0.4, 0.5) is 14.5 Å². The number of rotatable bonds is 6. The number of hydrogen-bond acceptors (Lipinski definition) is 5. The molecule has 0 spiro atoms. The second kappa shape index (κ2) is 8.55. The van der Waals surface area contributed by atoms with E-state index in [2.05, 4.69) is 16.8 Å². The summed E-state index contributed by atoms with van der Waals surface area (Å²) in [5.41, 5.74) is 7.23. The van der Waals surface area contributed by atoms with Gasteiger partial charge in [-0.2, -0.15) is 0 Å². The molecule has 0 atom stereocenters. The number of aryl methyl sites for hydroxylation is 1. The number of piperazine rings is 1. The summed E-state index contributed by atoms with van der Waals surface area (Å²) in [5, 5.41) is 0. The summed E-state index contributed by atoms with van der Waals surface area (Å²) < 4.78 is 53.0. The fraction of sp³-hybridized carbons (Fsp3) is 0.400. The van der Waals surface area contributed by atoms with E-state index in [1.165, 1.54) is 0 Å². The maximum absolute atomic E-state index is 13.6. The second-order valence-electron chi connectivity index (χ2n) is 7.05. The molecule has 1 saturated heterocycles. The Labute approximate surface area is 164 Å². The molecule has 8 heteroatoms. The van der Waals surface area contributed by atoms with Gasteiger partial charge in [0.1, 0.15) is 0 Å². The van der Waals surface area contributed by atoms with Crippen LogP contribution in [0.25, 0.3) is 0 Å². The van der Waals surface area contributed by atoms with Crippen LogP contribution in [0.1, 0.15) is 12.0 Å². The Morgan fingerprint density at radius 2 is 1.71 bits per heavy atom. The minimum Gasteiger partial charge on any atom is -0.369 e. The smallest absolute Gasteiger partial charge is 0.206 e. The number of benzene rings is 2. The average Bonchev–Trinajstić information content (AvgIpc) is 2.68. The van der Waals surface area contributed by atoms with Crippen molar-refractivity contribution in [3.8, 4) is 0 Å². The molecule has 0 bridgehead atoms. The van der Waals surface area contributed by atoms with Gasteiger partial charge >= 0.3 is 0 Å². The number of nitrogens with zero attached hydrogens (tertiary/aromatic N) is 2. The highest BCUT2D eigenvalue weighted by Gasteiger charge is 2.24. The van der Waals surface area contributed by atoms with E-state index in [4.69, 9.17) is 5.73 Å². The number of anilines is 1. The largest absolute Gasteiger partial charge is 0.369 e. The molecule has 2 aromatic rings. The normalized spacial score (nSPS) is 15.8. The first-order valence-electron chi connectivity index (χ1n) is 9.29. The average molecular weight is 410 g/mol. The Kier molecular flexibility index (Phi) is 6.32. The Balaban J connectivity index is 2.00. The van der Waals surface area contributed by atoms with Gasteiger partial charge in [0.2, 0.25) is 9.84 Å². The molecule has 2 aromatic carbocycles. The first-order chi connectivity index (χ1) is 13.3. The van der Waals surface area contributed by atoms with Gasteiger partial charge in [0.25, 0.3) is 0 Å². The van der Waals surface area contributed by atoms with Crippen molar-refractivity contribution in [1.82, 2.24) is 4.90 Å². The number of hydrogen-bond donors (Lipinski definition) is 1. The van der Waals surface area contributed by atoms with Crippen LogP contribution in [0.2, 0.25) is 0 Å². The van der Waals surface area contributed by atoms with E-state index in [-0.39, 0.29) is 9.79 Å². The molecule has 1 heterocycles. The zero-order valence-corrected chi connectivity index (χ0v) is 16.7. The van der Waals surface area contributed by atoms with Crippen molar-refractivity contribution in [2.75, 3.05) is 44.7 Å². The van der Waals surface area contributed by atoms with Crippen LogP contribution in [-0.2, 0) is 16.3 Å². The molecule has 5 nitrogen and oxygen atoms in total. The molecule has 1 fully saturated rings. The molecule has 0 unspecified atom stereocenters. The number of nitrogens with two attached hydrogens (primary N) is 1. The topological polar surface area (TPSA) is 66.6 Å². The lowest BCUT2D eigenvalue weighted by Gasteiger charge is -2.34. The van der Waals surface area contributed by atoms with Gasteiger partial charge in [-0.05, 0) is 68.4 Å². The predicted molar refractivity (Wildman–Crippen MR) is 105 cm³/mol. The van der Waals surface area contributed by atoms with Crippen molar-refractivity contribution in [1.29, 1.82) is 0 Å². The highest BCUT2D eigenvalue weighted by molar-refractivity contribution is 7.91. The van der Waals surface area contributed by atoms with Gasteiger partial charge in [-0.3, -0.25) is 0 Å². The highest BCUT2D eigenvalue weighted by Crippen LogP contribution is 2.30. The van der Waals surface area contributed by atoms with Crippen LogP contribution in [0.5, 0.6) is 0 Å². The van der Waals surface area contributed by atoms with E-state index in [1.807, 2.05) is 6.07 Å². The van der Waals surface area contributed by atoms with Crippen LogP contribution < -0.4 is 10.6 Å². The van der Waals surface area contributed by atoms with Crippen molar-refractivity contribution >= 4 is 15.5 Å². The van der Waals surface area contributed by atoms with E-state index in [0.717, 1.165) is 50.1 Å². The molecular formula is C20H25F2N3O2S. The first-order valence-corrected chi connectivity index (χ1v) is 10.8. The Bertz CT molecular complexity index is 942. The second-order valence-corrected chi connectivity index (χ2v) is 8.97. The van der Waals surface area contributed by atoms with Crippen LogP contribution >= 0.6 is 0 Å². The zero-order valence-electron chi connectivity index (χ0n) is 15.9. The predicted octanol–water partition coefficient (Wildman–Crippen LogP) is 2.44. The molecule has 0 amide bonds. The maximum atomic E-state index is 13.6. The standard InChI is InChI=1S/C20H25F2N3O2S/c1-24-9-11-25(12-10-24)16-4-7-20(15(13-16)3-2-8-23)28(26,27)17-5-6-18(21)19(22)14-17/h4-7,13-14H,2-3,8-12,23H2,1H3. The highest BCUT2D eigenvalue weighted by atomic mass is 32.2. The third-order valence-corrected chi connectivity index (χ3v) is 6.91. The third kappa shape index (κ3) is 4.34. The minimum atomic E-state index is -3.97.